The lowest BCUT2D eigenvalue weighted by Crippen LogP contribution is -2.59. The first-order chi connectivity index (χ1) is 16.8. The monoisotopic (exact) mass is 508 g/mol. The Labute approximate surface area is 207 Å². The molecule has 36 heavy (non-hydrogen) atoms. The SMILES string of the molecule is CC(C)(C)C(NC(=O)C(F)(F)F)C(=O)NC(CC1CC1)C(=O)NC(C#N)c1cnnc2c1CCCC2. The maximum absolute atomic E-state index is 13.2. The highest BCUT2D eigenvalue weighted by Gasteiger charge is 2.44. The smallest absolute Gasteiger partial charge is 0.342 e. The Morgan fingerprint density at radius 1 is 1.08 bits per heavy atom. The summed E-state index contributed by atoms with van der Waals surface area (Å²) in [6.45, 7) is 4.53. The maximum Gasteiger partial charge on any atom is 0.471 e. The predicted octanol–water partition coefficient (Wildman–Crippen LogP) is 2.41. The molecule has 2 aliphatic carbocycles. The quantitative estimate of drug-likeness (QED) is 0.493. The molecule has 196 valence electrons. The van der Waals surface area contributed by atoms with E-state index in [0.717, 1.165) is 43.4 Å². The second-order valence-electron chi connectivity index (χ2n) is 10.5. The van der Waals surface area contributed by atoms with Gasteiger partial charge in [-0.25, -0.2) is 0 Å². The van der Waals surface area contributed by atoms with E-state index in [1.54, 1.807) is 5.32 Å². The van der Waals surface area contributed by atoms with Gasteiger partial charge < -0.3 is 16.0 Å². The highest BCUT2D eigenvalue weighted by Crippen LogP contribution is 2.34. The van der Waals surface area contributed by atoms with Crippen molar-refractivity contribution in [3.8, 4) is 6.07 Å². The van der Waals surface area contributed by atoms with Gasteiger partial charge in [0.15, 0.2) is 0 Å². The molecule has 0 saturated heterocycles. The number of hydrogen-bond acceptors (Lipinski definition) is 6. The van der Waals surface area contributed by atoms with Crippen LogP contribution in [0.1, 0.15) is 75.7 Å². The zero-order chi connectivity index (χ0) is 26.7. The topological polar surface area (TPSA) is 137 Å². The lowest BCUT2D eigenvalue weighted by molar-refractivity contribution is -0.175. The van der Waals surface area contributed by atoms with Crippen molar-refractivity contribution in [1.82, 2.24) is 26.1 Å². The normalized spacial score (nSPS) is 18.1. The van der Waals surface area contributed by atoms with E-state index in [1.165, 1.54) is 27.0 Å². The van der Waals surface area contributed by atoms with Crippen molar-refractivity contribution in [3.63, 3.8) is 0 Å². The van der Waals surface area contributed by atoms with Crippen molar-refractivity contribution in [2.24, 2.45) is 11.3 Å². The molecule has 3 unspecified atom stereocenters. The first-order valence-corrected chi connectivity index (χ1v) is 12.0. The van der Waals surface area contributed by atoms with Crippen LogP contribution in [0.15, 0.2) is 6.20 Å². The molecule has 0 radical (unpaired) electrons. The van der Waals surface area contributed by atoms with Gasteiger partial charge in [0.25, 0.3) is 0 Å². The first kappa shape index (κ1) is 27.4. The molecule has 3 amide bonds. The molecular formula is C24H31F3N6O3. The van der Waals surface area contributed by atoms with Gasteiger partial charge in [-0.05, 0) is 49.0 Å². The van der Waals surface area contributed by atoms with Crippen LogP contribution in [0.4, 0.5) is 13.2 Å². The molecule has 12 heteroatoms. The largest absolute Gasteiger partial charge is 0.471 e. The fraction of sp³-hybridized carbons (Fsp3) is 0.667. The number of carbonyl (C=O) groups is 3. The summed E-state index contributed by atoms with van der Waals surface area (Å²) in [5.41, 5.74) is 1.16. The van der Waals surface area contributed by atoms with Gasteiger partial charge in [0.05, 0.1) is 18.0 Å². The number of nitriles is 1. The Kier molecular flexibility index (Phi) is 8.21. The van der Waals surface area contributed by atoms with Gasteiger partial charge in [0.1, 0.15) is 18.1 Å². The molecule has 1 saturated carbocycles. The van der Waals surface area contributed by atoms with E-state index < -0.39 is 47.4 Å². The van der Waals surface area contributed by atoms with Crippen molar-refractivity contribution < 1.29 is 27.6 Å². The van der Waals surface area contributed by atoms with Crippen LogP contribution >= 0.6 is 0 Å². The number of fused-ring (bicyclic) bond motifs is 1. The molecule has 3 N–H and O–H groups in total. The summed E-state index contributed by atoms with van der Waals surface area (Å²) in [5, 5.41) is 24.8. The number of hydrogen-bond donors (Lipinski definition) is 3. The third-order valence-electron chi connectivity index (χ3n) is 6.45. The summed E-state index contributed by atoms with van der Waals surface area (Å²) in [6, 6.07) is -1.58. The number of carbonyl (C=O) groups excluding carboxylic acids is 3. The van der Waals surface area contributed by atoms with Crippen LogP contribution in [-0.4, -0.2) is 46.2 Å². The Morgan fingerprint density at radius 3 is 2.33 bits per heavy atom. The van der Waals surface area contributed by atoms with E-state index in [0.29, 0.717) is 12.0 Å². The summed E-state index contributed by atoms with van der Waals surface area (Å²) in [7, 11) is 0. The molecule has 2 aliphatic rings. The lowest BCUT2D eigenvalue weighted by Gasteiger charge is -2.32. The number of aromatic nitrogens is 2. The van der Waals surface area contributed by atoms with Crippen molar-refractivity contribution in [2.45, 2.75) is 90.0 Å². The zero-order valence-corrected chi connectivity index (χ0v) is 20.5. The van der Waals surface area contributed by atoms with Crippen LogP contribution in [0.2, 0.25) is 0 Å². The third kappa shape index (κ3) is 6.92. The average molecular weight is 509 g/mol. The third-order valence-corrected chi connectivity index (χ3v) is 6.45. The maximum atomic E-state index is 13.2. The van der Waals surface area contributed by atoms with Gasteiger partial charge >= 0.3 is 12.1 Å². The molecule has 3 rings (SSSR count). The number of rotatable bonds is 8. The van der Waals surface area contributed by atoms with E-state index in [-0.39, 0.29) is 12.3 Å². The summed E-state index contributed by atoms with van der Waals surface area (Å²) < 4.78 is 38.5. The van der Waals surface area contributed by atoms with Crippen LogP contribution in [0, 0.1) is 22.7 Å². The second kappa shape index (κ2) is 10.8. The highest BCUT2D eigenvalue weighted by molar-refractivity contribution is 5.93. The Balaban J connectivity index is 1.78. The predicted molar refractivity (Wildman–Crippen MR) is 122 cm³/mol. The fourth-order valence-electron chi connectivity index (χ4n) is 4.28. The van der Waals surface area contributed by atoms with E-state index in [4.69, 9.17) is 0 Å². The molecule has 0 bridgehead atoms. The van der Waals surface area contributed by atoms with Crippen molar-refractivity contribution in [1.29, 1.82) is 5.26 Å². The summed E-state index contributed by atoms with van der Waals surface area (Å²) in [5.74, 6) is -3.59. The van der Waals surface area contributed by atoms with E-state index in [2.05, 4.69) is 26.9 Å². The summed E-state index contributed by atoms with van der Waals surface area (Å²) in [6.07, 6.45) is 1.62. The van der Waals surface area contributed by atoms with Crippen molar-refractivity contribution in [3.05, 3.63) is 23.0 Å². The van der Waals surface area contributed by atoms with E-state index in [9.17, 15) is 32.8 Å². The minimum atomic E-state index is -5.16. The first-order valence-electron chi connectivity index (χ1n) is 12.0. The Bertz CT molecular complexity index is 1040. The molecule has 3 atom stereocenters. The van der Waals surface area contributed by atoms with Crippen molar-refractivity contribution >= 4 is 17.7 Å². The lowest BCUT2D eigenvalue weighted by atomic mass is 9.85. The van der Waals surface area contributed by atoms with Crippen LogP contribution in [0.3, 0.4) is 0 Å². The van der Waals surface area contributed by atoms with E-state index >= 15 is 0 Å². The van der Waals surface area contributed by atoms with Gasteiger partial charge in [-0.15, -0.1) is 0 Å². The van der Waals surface area contributed by atoms with Crippen molar-refractivity contribution in [2.75, 3.05) is 0 Å². The second-order valence-corrected chi connectivity index (χ2v) is 10.5. The van der Waals surface area contributed by atoms with Gasteiger partial charge in [0, 0.05) is 5.56 Å². The molecular weight excluding hydrogens is 477 g/mol. The number of amides is 3. The molecule has 0 aliphatic heterocycles. The number of halogens is 3. The minimum Gasteiger partial charge on any atom is -0.342 e. The highest BCUT2D eigenvalue weighted by atomic mass is 19.4. The van der Waals surface area contributed by atoms with Gasteiger partial charge in [-0.3, -0.25) is 14.4 Å². The Morgan fingerprint density at radius 2 is 1.75 bits per heavy atom. The van der Waals surface area contributed by atoms with Gasteiger partial charge in [-0.1, -0.05) is 33.6 Å². The average Bonchev–Trinajstić information content (AvgIpc) is 3.62. The molecule has 0 aromatic carbocycles. The molecule has 0 spiro atoms. The van der Waals surface area contributed by atoms with Gasteiger partial charge in [-0.2, -0.15) is 28.6 Å². The molecule has 1 heterocycles. The Hall–Kier alpha value is -3.23. The zero-order valence-electron chi connectivity index (χ0n) is 20.5. The van der Waals surface area contributed by atoms with Crippen LogP contribution < -0.4 is 16.0 Å². The number of nitrogens with zero attached hydrogens (tertiary/aromatic N) is 3. The molecule has 9 nitrogen and oxygen atoms in total. The standard InChI is InChI=1S/C24H31F3N6O3/c1-23(2,3)19(32-22(36)24(25,26)27)21(35)30-17(10-13-8-9-13)20(34)31-18(11-28)15-12-29-33-16-7-5-4-6-14(15)16/h12-13,17-19H,4-10H2,1-3H3,(H,30,35)(H,31,34)(H,32,36). The fourth-order valence-corrected chi connectivity index (χ4v) is 4.28. The van der Waals surface area contributed by atoms with Crippen LogP contribution in [-0.2, 0) is 27.2 Å². The van der Waals surface area contributed by atoms with Crippen LogP contribution in [0.25, 0.3) is 0 Å². The number of nitrogens with one attached hydrogen (secondary N) is 3. The molecule has 1 aromatic rings. The van der Waals surface area contributed by atoms with E-state index in [1.807, 2.05) is 0 Å². The minimum absolute atomic E-state index is 0.176. The molecule has 1 fully saturated rings. The number of aryl methyl sites for hydroxylation is 1. The van der Waals surface area contributed by atoms with Gasteiger partial charge in [0.2, 0.25) is 11.8 Å². The number of alkyl halides is 3. The summed E-state index contributed by atoms with van der Waals surface area (Å²) >= 11 is 0. The van der Waals surface area contributed by atoms with Crippen LogP contribution in [0.5, 0.6) is 0 Å². The molecule has 1 aromatic heterocycles. The summed E-state index contributed by atoms with van der Waals surface area (Å²) in [4.78, 5) is 37.8.